The van der Waals surface area contributed by atoms with Crippen molar-refractivity contribution < 1.29 is 4.74 Å². The fourth-order valence-electron chi connectivity index (χ4n) is 1.92. The molecule has 1 aliphatic rings. The van der Waals surface area contributed by atoms with Gasteiger partial charge in [-0.15, -0.1) is 5.10 Å². The summed E-state index contributed by atoms with van der Waals surface area (Å²) in [5.41, 5.74) is 0.786. The summed E-state index contributed by atoms with van der Waals surface area (Å²) in [6.45, 7) is 2.32. The fourth-order valence-corrected chi connectivity index (χ4v) is 1.92. The SMILES string of the molecule is c1cnc(OCc2cn(C3CCNC3)nn2)nc1. The number of nitrogens with one attached hydrogen (secondary N) is 1. The van der Waals surface area contributed by atoms with E-state index >= 15 is 0 Å². The van der Waals surface area contributed by atoms with Crippen LogP contribution in [0.3, 0.4) is 0 Å². The number of aromatic nitrogens is 5. The highest BCUT2D eigenvalue weighted by atomic mass is 16.5. The molecule has 1 atom stereocenters. The van der Waals surface area contributed by atoms with Crippen LogP contribution in [0.5, 0.6) is 6.01 Å². The summed E-state index contributed by atoms with van der Waals surface area (Å²) in [5.74, 6) is 0. The van der Waals surface area contributed by atoms with Gasteiger partial charge >= 0.3 is 6.01 Å². The molecule has 0 aliphatic carbocycles. The van der Waals surface area contributed by atoms with Gasteiger partial charge in [0.25, 0.3) is 0 Å². The maximum Gasteiger partial charge on any atom is 0.316 e. The third-order valence-corrected chi connectivity index (χ3v) is 2.86. The second-order valence-electron chi connectivity index (χ2n) is 4.16. The van der Waals surface area contributed by atoms with Crippen molar-refractivity contribution in [3.05, 3.63) is 30.4 Å². The Kier molecular flexibility index (Phi) is 3.14. The summed E-state index contributed by atoms with van der Waals surface area (Å²) in [5, 5.41) is 11.5. The monoisotopic (exact) mass is 246 g/mol. The van der Waals surface area contributed by atoms with E-state index in [0.29, 0.717) is 18.7 Å². The summed E-state index contributed by atoms with van der Waals surface area (Å²) >= 11 is 0. The normalized spacial score (nSPS) is 19.0. The van der Waals surface area contributed by atoms with Crippen LogP contribution >= 0.6 is 0 Å². The Labute approximate surface area is 104 Å². The van der Waals surface area contributed by atoms with Crippen LogP contribution in [0.4, 0.5) is 0 Å². The van der Waals surface area contributed by atoms with Crippen molar-refractivity contribution in [1.82, 2.24) is 30.3 Å². The smallest absolute Gasteiger partial charge is 0.316 e. The Morgan fingerprint density at radius 1 is 1.39 bits per heavy atom. The van der Waals surface area contributed by atoms with Crippen molar-refractivity contribution >= 4 is 0 Å². The van der Waals surface area contributed by atoms with E-state index in [0.717, 1.165) is 25.2 Å². The van der Waals surface area contributed by atoms with Crippen LogP contribution in [0.15, 0.2) is 24.7 Å². The topological polar surface area (TPSA) is 77.8 Å². The summed E-state index contributed by atoms with van der Waals surface area (Å²) in [6.07, 6.45) is 6.29. The van der Waals surface area contributed by atoms with Gasteiger partial charge in [-0.25, -0.2) is 14.6 Å². The zero-order valence-corrected chi connectivity index (χ0v) is 9.86. The van der Waals surface area contributed by atoms with Crippen molar-refractivity contribution in [3.63, 3.8) is 0 Å². The Balaban J connectivity index is 1.60. The van der Waals surface area contributed by atoms with Crippen LogP contribution in [0.2, 0.25) is 0 Å². The lowest BCUT2D eigenvalue weighted by molar-refractivity contribution is 0.276. The molecule has 0 saturated carbocycles. The quantitative estimate of drug-likeness (QED) is 0.829. The third-order valence-electron chi connectivity index (χ3n) is 2.86. The molecule has 3 rings (SSSR count). The van der Waals surface area contributed by atoms with E-state index in [-0.39, 0.29) is 0 Å². The molecule has 1 fully saturated rings. The molecule has 1 aliphatic heterocycles. The van der Waals surface area contributed by atoms with E-state index in [1.807, 2.05) is 10.9 Å². The van der Waals surface area contributed by atoms with Gasteiger partial charge in [-0.1, -0.05) is 5.21 Å². The van der Waals surface area contributed by atoms with E-state index in [2.05, 4.69) is 25.6 Å². The van der Waals surface area contributed by atoms with Crippen molar-refractivity contribution in [3.8, 4) is 6.01 Å². The van der Waals surface area contributed by atoms with Gasteiger partial charge in [-0.05, 0) is 19.0 Å². The maximum absolute atomic E-state index is 5.41. The zero-order chi connectivity index (χ0) is 12.2. The molecule has 0 spiro atoms. The van der Waals surface area contributed by atoms with E-state index in [1.54, 1.807) is 18.5 Å². The molecule has 1 N–H and O–H groups in total. The molecule has 1 unspecified atom stereocenters. The number of hydrogen-bond donors (Lipinski definition) is 1. The first-order valence-electron chi connectivity index (χ1n) is 5.93. The largest absolute Gasteiger partial charge is 0.457 e. The molecule has 1 saturated heterocycles. The van der Waals surface area contributed by atoms with Crippen LogP contribution in [0.25, 0.3) is 0 Å². The molecule has 7 nitrogen and oxygen atoms in total. The molecular weight excluding hydrogens is 232 g/mol. The highest BCUT2D eigenvalue weighted by molar-refractivity contribution is 4.97. The Hall–Kier alpha value is -2.02. The fraction of sp³-hybridized carbons (Fsp3) is 0.455. The highest BCUT2D eigenvalue weighted by Gasteiger charge is 2.17. The van der Waals surface area contributed by atoms with Gasteiger partial charge in [0.2, 0.25) is 0 Å². The van der Waals surface area contributed by atoms with Gasteiger partial charge in [0.05, 0.1) is 12.2 Å². The number of rotatable bonds is 4. The third kappa shape index (κ3) is 2.45. The van der Waals surface area contributed by atoms with Crippen molar-refractivity contribution in [2.24, 2.45) is 0 Å². The number of hydrogen-bond acceptors (Lipinski definition) is 6. The van der Waals surface area contributed by atoms with Crippen LogP contribution < -0.4 is 10.1 Å². The lowest BCUT2D eigenvalue weighted by atomic mass is 10.3. The molecule has 0 radical (unpaired) electrons. The highest BCUT2D eigenvalue weighted by Crippen LogP contribution is 2.13. The molecule has 0 aromatic carbocycles. The van der Waals surface area contributed by atoms with E-state index in [4.69, 9.17) is 4.74 Å². The van der Waals surface area contributed by atoms with Gasteiger partial charge in [0.1, 0.15) is 12.3 Å². The average Bonchev–Trinajstić information content (AvgIpc) is 3.08. The van der Waals surface area contributed by atoms with Gasteiger partial charge in [0.15, 0.2) is 0 Å². The summed E-state index contributed by atoms with van der Waals surface area (Å²) < 4.78 is 7.31. The Morgan fingerprint density at radius 3 is 3.06 bits per heavy atom. The van der Waals surface area contributed by atoms with E-state index < -0.39 is 0 Å². The summed E-state index contributed by atoms with van der Waals surface area (Å²) in [4.78, 5) is 7.96. The predicted molar refractivity (Wildman–Crippen MR) is 62.9 cm³/mol. The lowest BCUT2D eigenvalue weighted by Gasteiger charge is -2.06. The van der Waals surface area contributed by atoms with Crippen LogP contribution in [0, 0.1) is 0 Å². The minimum absolute atomic E-state index is 0.337. The van der Waals surface area contributed by atoms with Crippen molar-refractivity contribution in [1.29, 1.82) is 0 Å². The van der Waals surface area contributed by atoms with E-state index in [9.17, 15) is 0 Å². The first-order valence-corrected chi connectivity index (χ1v) is 5.93. The van der Waals surface area contributed by atoms with Gasteiger partial charge < -0.3 is 10.1 Å². The standard InChI is InChI=1S/C11H14N6O/c1-3-13-11(14-4-1)18-8-9-7-17(16-15-9)10-2-5-12-6-10/h1,3-4,7,10,12H,2,5-6,8H2. The molecule has 18 heavy (non-hydrogen) atoms. The number of ether oxygens (including phenoxy) is 1. The second kappa shape index (κ2) is 5.09. The van der Waals surface area contributed by atoms with Crippen LogP contribution in [-0.4, -0.2) is 38.1 Å². The molecule has 94 valence electrons. The maximum atomic E-state index is 5.41. The molecule has 2 aromatic heterocycles. The summed E-state index contributed by atoms with van der Waals surface area (Å²) in [7, 11) is 0. The van der Waals surface area contributed by atoms with Gasteiger partial charge in [0, 0.05) is 18.9 Å². The molecular formula is C11H14N6O. The van der Waals surface area contributed by atoms with Crippen LogP contribution in [0.1, 0.15) is 18.2 Å². The van der Waals surface area contributed by atoms with Crippen LogP contribution in [-0.2, 0) is 6.61 Å². The summed E-state index contributed by atoms with van der Waals surface area (Å²) in [6, 6.07) is 2.50. The average molecular weight is 246 g/mol. The lowest BCUT2D eigenvalue weighted by Crippen LogP contribution is -2.13. The molecule has 2 aromatic rings. The number of nitrogens with zero attached hydrogens (tertiary/aromatic N) is 5. The minimum Gasteiger partial charge on any atom is -0.457 e. The Morgan fingerprint density at radius 2 is 2.28 bits per heavy atom. The molecule has 0 bridgehead atoms. The molecule has 0 amide bonds. The first-order chi connectivity index (χ1) is 8.92. The minimum atomic E-state index is 0.337. The first kappa shape index (κ1) is 11.1. The van der Waals surface area contributed by atoms with Gasteiger partial charge in [-0.2, -0.15) is 0 Å². The van der Waals surface area contributed by atoms with Gasteiger partial charge in [-0.3, -0.25) is 0 Å². The molecule has 3 heterocycles. The molecule has 7 heteroatoms. The van der Waals surface area contributed by atoms with Crippen molar-refractivity contribution in [2.75, 3.05) is 13.1 Å². The zero-order valence-electron chi connectivity index (χ0n) is 9.86. The predicted octanol–water partition coefficient (Wildman–Crippen LogP) is 0.181. The second-order valence-corrected chi connectivity index (χ2v) is 4.16. The van der Waals surface area contributed by atoms with E-state index in [1.165, 1.54) is 0 Å². The van der Waals surface area contributed by atoms with Crippen molar-refractivity contribution in [2.45, 2.75) is 19.1 Å². The Bertz CT molecular complexity index is 493.